The second kappa shape index (κ2) is 13.0. The molecule has 1 aliphatic heterocycles. The van der Waals surface area contributed by atoms with Gasteiger partial charge >= 0.3 is 0 Å². The summed E-state index contributed by atoms with van der Waals surface area (Å²) in [5.74, 6) is 2.50. The smallest absolute Gasteiger partial charge is 0.191 e. The van der Waals surface area contributed by atoms with Crippen molar-refractivity contribution in [2.75, 3.05) is 40.0 Å². The Kier molecular flexibility index (Phi) is 10.1. The summed E-state index contributed by atoms with van der Waals surface area (Å²) in [5.41, 5.74) is 3.73. The SMILES string of the molecule is CN=C(NCc1ccc(CN2CCOCC2)cc1)NCc1ccccc1OCC1CC1.I. The Bertz CT molecular complexity index is 849. The molecule has 2 aromatic carbocycles. The average Bonchev–Trinajstić information content (AvgIpc) is 3.65. The first-order chi connectivity index (χ1) is 15.3. The molecule has 6 nitrogen and oxygen atoms in total. The molecule has 0 atom stereocenters. The quantitative estimate of drug-likeness (QED) is 0.283. The van der Waals surface area contributed by atoms with Crippen LogP contribution < -0.4 is 15.4 Å². The van der Waals surface area contributed by atoms with Gasteiger partial charge in [0.25, 0.3) is 0 Å². The average molecular weight is 550 g/mol. The molecule has 174 valence electrons. The normalized spacial score (nSPS) is 16.8. The molecule has 1 saturated heterocycles. The van der Waals surface area contributed by atoms with Crippen molar-refractivity contribution in [2.24, 2.45) is 10.9 Å². The molecule has 0 spiro atoms. The van der Waals surface area contributed by atoms with Crippen LogP contribution in [0.4, 0.5) is 0 Å². The van der Waals surface area contributed by atoms with Gasteiger partial charge in [-0.25, -0.2) is 0 Å². The molecular weight excluding hydrogens is 515 g/mol. The van der Waals surface area contributed by atoms with Crippen LogP contribution in [-0.2, 0) is 24.4 Å². The predicted molar refractivity (Wildman–Crippen MR) is 140 cm³/mol. The Morgan fingerprint density at radius 3 is 2.41 bits per heavy atom. The Hall–Kier alpha value is -1.84. The highest BCUT2D eigenvalue weighted by Gasteiger charge is 2.22. The molecule has 2 aromatic rings. The number of halogens is 1. The number of nitrogens with zero attached hydrogens (tertiary/aromatic N) is 2. The third-order valence-corrected chi connectivity index (χ3v) is 5.81. The van der Waals surface area contributed by atoms with Crippen LogP contribution in [0.5, 0.6) is 5.75 Å². The van der Waals surface area contributed by atoms with Crippen LogP contribution in [0.1, 0.15) is 29.5 Å². The Morgan fingerprint density at radius 2 is 1.69 bits per heavy atom. The Morgan fingerprint density at radius 1 is 1.00 bits per heavy atom. The van der Waals surface area contributed by atoms with Crippen molar-refractivity contribution in [2.45, 2.75) is 32.5 Å². The summed E-state index contributed by atoms with van der Waals surface area (Å²) < 4.78 is 11.4. The Balaban J connectivity index is 0.00000289. The number of aliphatic imine (C=N–C) groups is 1. The molecular formula is C25H35IN4O2. The van der Waals surface area contributed by atoms with Crippen LogP contribution >= 0.6 is 24.0 Å². The summed E-state index contributed by atoms with van der Waals surface area (Å²) in [6.45, 7) is 6.93. The van der Waals surface area contributed by atoms with E-state index >= 15 is 0 Å². The van der Waals surface area contributed by atoms with Crippen molar-refractivity contribution in [1.82, 2.24) is 15.5 Å². The summed E-state index contributed by atoms with van der Waals surface area (Å²) in [5, 5.41) is 6.81. The van der Waals surface area contributed by atoms with Crippen molar-refractivity contribution >= 4 is 29.9 Å². The van der Waals surface area contributed by atoms with E-state index in [0.29, 0.717) is 6.54 Å². The monoisotopic (exact) mass is 550 g/mol. The molecule has 0 unspecified atom stereocenters. The zero-order chi connectivity index (χ0) is 21.3. The number of hydrogen-bond acceptors (Lipinski definition) is 4. The number of benzene rings is 2. The van der Waals surface area contributed by atoms with Crippen LogP contribution in [-0.4, -0.2) is 50.8 Å². The van der Waals surface area contributed by atoms with Gasteiger partial charge in [-0.1, -0.05) is 42.5 Å². The van der Waals surface area contributed by atoms with Crippen molar-refractivity contribution < 1.29 is 9.47 Å². The highest BCUT2D eigenvalue weighted by Crippen LogP contribution is 2.30. The van der Waals surface area contributed by atoms with Crippen molar-refractivity contribution in [3.63, 3.8) is 0 Å². The zero-order valence-electron chi connectivity index (χ0n) is 18.9. The van der Waals surface area contributed by atoms with E-state index in [-0.39, 0.29) is 24.0 Å². The van der Waals surface area contributed by atoms with Crippen molar-refractivity contribution in [1.29, 1.82) is 0 Å². The standard InChI is InChI=1S/C25H34N4O2.HI/c1-26-25(28-17-23-4-2-3-5-24(23)31-19-22-10-11-22)27-16-20-6-8-21(9-7-20)18-29-12-14-30-15-13-29;/h2-9,22H,10-19H2,1H3,(H2,26,27,28);1H. The largest absolute Gasteiger partial charge is 0.493 e. The third kappa shape index (κ3) is 7.94. The van der Waals surface area contributed by atoms with E-state index in [1.54, 1.807) is 7.05 Å². The molecule has 2 fully saturated rings. The number of nitrogens with one attached hydrogen (secondary N) is 2. The first-order valence-electron chi connectivity index (χ1n) is 11.3. The van der Waals surface area contributed by atoms with Crippen molar-refractivity contribution in [3.05, 3.63) is 65.2 Å². The summed E-state index contributed by atoms with van der Waals surface area (Å²) in [6, 6.07) is 17.1. The molecule has 2 aliphatic rings. The summed E-state index contributed by atoms with van der Waals surface area (Å²) in [4.78, 5) is 6.80. The first-order valence-corrected chi connectivity index (χ1v) is 11.3. The number of ether oxygens (including phenoxy) is 2. The highest BCUT2D eigenvalue weighted by atomic mass is 127. The maximum atomic E-state index is 6.01. The van der Waals surface area contributed by atoms with Gasteiger partial charge in [-0.3, -0.25) is 9.89 Å². The van der Waals surface area contributed by atoms with Gasteiger partial charge in [0, 0.05) is 45.3 Å². The second-order valence-corrected chi connectivity index (χ2v) is 8.35. The van der Waals surface area contributed by atoms with E-state index in [2.05, 4.69) is 56.9 Å². The number of para-hydroxylation sites is 1. The van der Waals surface area contributed by atoms with E-state index in [4.69, 9.17) is 9.47 Å². The molecule has 4 rings (SSSR count). The minimum atomic E-state index is 0. The van der Waals surface area contributed by atoms with Gasteiger partial charge in [-0.15, -0.1) is 24.0 Å². The van der Waals surface area contributed by atoms with Gasteiger partial charge in [-0.05, 0) is 36.0 Å². The lowest BCUT2D eigenvalue weighted by molar-refractivity contribution is 0.0342. The van der Waals surface area contributed by atoms with Crippen LogP contribution in [0.25, 0.3) is 0 Å². The lowest BCUT2D eigenvalue weighted by Crippen LogP contribution is -2.36. The van der Waals surface area contributed by atoms with E-state index < -0.39 is 0 Å². The number of hydrogen-bond donors (Lipinski definition) is 2. The minimum Gasteiger partial charge on any atom is -0.493 e. The minimum absolute atomic E-state index is 0. The van der Waals surface area contributed by atoms with E-state index in [1.807, 2.05) is 12.1 Å². The highest BCUT2D eigenvalue weighted by molar-refractivity contribution is 14.0. The lowest BCUT2D eigenvalue weighted by Gasteiger charge is -2.26. The zero-order valence-corrected chi connectivity index (χ0v) is 21.2. The molecule has 2 N–H and O–H groups in total. The van der Waals surface area contributed by atoms with Gasteiger partial charge in [0.1, 0.15) is 5.75 Å². The molecule has 7 heteroatoms. The Labute approximate surface area is 208 Å². The second-order valence-electron chi connectivity index (χ2n) is 8.35. The van der Waals surface area contributed by atoms with E-state index in [0.717, 1.165) is 69.2 Å². The molecule has 32 heavy (non-hydrogen) atoms. The van der Waals surface area contributed by atoms with Gasteiger partial charge in [0.15, 0.2) is 5.96 Å². The molecule has 1 saturated carbocycles. The number of morpholine rings is 1. The fourth-order valence-corrected chi connectivity index (χ4v) is 3.65. The van der Waals surface area contributed by atoms with Crippen LogP contribution in [0.2, 0.25) is 0 Å². The fraction of sp³-hybridized carbons (Fsp3) is 0.480. The van der Waals surface area contributed by atoms with Gasteiger partial charge in [0.05, 0.1) is 19.8 Å². The first kappa shape index (κ1) is 24.8. The van der Waals surface area contributed by atoms with E-state index in [9.17, 15) is 0 Å². The fourth-order valence-electron chi connectivity index (χ4n) is 3.65. The van der Waals surface area contributed by atoms with Gasteiger partial charge < -0.3 is 20.1 Å². The molecule has 0 radical (unpaired) electrons. The van der Waals surface area contributed by atoms with Crippen LogP contribution in [0.15, 0.2) is 53.5 Å². The predicted octanol–water partition coefficient (Wildman–Crippen LogP) is 3.79. The summed E-state index contributed by atoms with van der Waals surface area (Å²) in [7, 11) is 1.80. The molecule has 0 aromatic heterocycles. The lowest BCUT2D eigenvalue weighted by atomic mass is 10.1. The molecule has 0 amide bonds. The maximum Gasteiger partial charge on any atom is 0.191 e. The van der Waals surface area contributed by atoms with Crippen LogP contribution in [0, 0.1) is 5.92 Å². The van der Waals surface area contributed by atoms with Gasteiger partial charge in [0.2, 0.25) is 0 Å². The molecule has 1 aliphatic carbocycles. The maximum absolute atomic E-state index is 6.01. The molecule has 0 bridgehead atoms. The number of rotatable bonds is 9. The number of guanidine groups is 1. The topological polar surface area (TPSA) is 58.1 Å². The summed E-state index contributed by atoms with van der Waals surface area (Å²) >= 11 is 0. The molecule has 1 heterocycles. The van der Waals surface area contributed by atoms with Crippen molar-refractivity contribution in [3.8, 4) is 5.75 Å². The van der Waals surface area contributed by atoms with Gasteiger partial charge in [-0.2, -0.15) is 0 Å². The third-order valence-electron chi connectivity index (χ3n) is 5.81. The van der Waals surface area contributed by atoms with E-state index in [1.165, 1.54) is 24.0 Å². The summed E-state index contributed by atoms with van der Waals surface area (Å²) in [6.07, 6.45) is 2.59. The van der Waals surface area contributed by atoms with Crippen LogP contribution in [0.3, 0.4) is 0 Å².